The van der Waals surface area contributed by atoms with E-state index in [0.717, 1.165) is 5.56 Å². The van der Waals surface area contributed by atoms with Crippen LogP contribution in [-0.2, 0) is 13.2 Å². The second kappa shape index (κ2) is 8.56. The molecule has 2 N–H and O–H groups in total. The van der Waals surface area contributed by atoms with E-state index < -0.39 is 5.97 Å². The van der Waals surface area contributed by atoms with Gasteiger partial charge in [-0.2, -0.15) is 0 Å². The second-order valence-electron chi connectivity index (χ2n) is 5.84. The number of hydrogen-bond donors (Lipinski definition) is 2. The van der Waals surface area contributed by atoms with Crippen LogP contribution in [0.25, 0.3) is 0 Å². The summed E-state index contributed by atoms with van der Waals surface area (Å²) in [7, 11) is 0. The van der Waals surface area contributed by atoms with Crippen LogP contribution in [0, 0.1) is 5.82 Å². The third kappa shape index (κ3) is 4.77. The lowest BCUT2D eigenvalue weighted by molar-refractivity contribution is 0.0697. The largest absolute Gasteiger partial charge is 0.488 e. The van der Waals surface area contributed by atoms with Crippen molar-refractivity contribution in [2.75, 3.05) is 5.32 Å². The van der Waals surface area contributed by atoms with Crippen LogP contribution < -0.4 is 10.1 Å². The summed E-state index contributed by atoms with van der Waals surface area (Å²) < 4.78 is 19.5. The maximum atomic E-state index is 13.8. The van der Waals surface area contributed by atoms with Crippen molar-refractivity contribution >= 4 is 23.3 Å². The molecule has 138 valence electrons. The normalized spacial score (nSPS) is 10.4. The van der Waals surface area contributed by atoms with E-state index in [1.54, 1.807) is 24.3 Å². The lowest BCUT2D eigenvalue weighted by atomic mass is 10.1. The molecule has 0 spiro atoms. The summed E-state index contributed by atoms with van der Waals surface area (Å²) in [6.07, 6.45) is 0. The van der Waals surface area contributed by atoms with Gasteiger partial charge in [0.15, 0.2) is 0 Å². The number of carboxylic acid groups (broad SMARTS) is 1. The molecule has 4 nitrogen and oxygen atoms in total. The van der Waals surface area contributed by atoms with Crippen molar-refractivity contribution in [3.8, 4) is 5.75 Å². The molecule has 0 bridgehead atoms. The van der Waals surface area contributed by atoms with Gasteiger partial charge in [0.1, 0.15) is 18.2 Å². The molecule has 0 atom stereocenters. The Morgan fingerprint density at radius 1 is 1.04 bits per heavy atom. The predicted octanol–water partition coefficient (Wildman–Crippen LogP) is 5.37. The minimum Gasteiger partial charge on any atom is -0.488 e. The highest BCUT2D eigenvalue weighted by Crippen LogP contribution is 2.26. The molecule has 0 aliphatic carbocycles. The Morgan fingerprint density at radius 3 is 2.48 bits per heavy atom. The molecule has 0 unspecified atom stereocenters. The van der Waals surface area contributed by atoms with Crippen LogP contribution in [0.3, 0.4) is 0 Å². The Bertz CT molecular complexity index is 962. The SMILES string of the molecule is O=C(O)c1ccc(Cl)c(NCc2ccccc2OCc2ccccc2F)c1. The molecule has 0 aromatic heterocycles. The Labute approximate surface area is 161 Å². The van der Waals surface area contributed by atoms with Gasteiger partial charge in [-0.1, -0.05) is 48.0 Å². The van der Waals surface area contributed by atoms with Gasteiger partial charge >= 0.3 is 5.97 Å². The van der Waals surface area contributed by atoms with E-state index in [-0.39, 0.29) is 18.0 Å². The Kier molecular flexibility index (Phi) is 5.94. The fraction of sp³-hybridized carbons (Fsp3) is 0.0952. The van der Waals surface area contributed by atoms with Gasteiger partial charge in [0.05, 0.1) is 16.3 Å². The smallest absolute Gasteiger partial charge is 0.335 e. The standard InChI is InChI=1S/C21H17ClFNO3/c22-17-10-9-14(21(25)26)11-19(17)24-12-15-5-2-4-8-20(15)27-13-16-6-1-3-7-18(16)23/h1-11,24H,12-13H2,(H,25,26). The molecule has 0 aliphatic heterocycles. The number of carboxylic acids is 1. The van der Waals surface area contributed by atoms with Crippen LogP contribution in [0.1, 0.15) is 21.5 Å². The molecule has 0 saturated heterocycles. The maximum Gasteiger partial charge on any atom is 0.335 e. The summed E-state index contributed by atoms with van der Waals surface area (Å²) in [5, 5.41) is 12.7. The number of rotatable bonds is 7. The number of benzene rings is 3. The van der Waals surface area contributed by atoms with E-state index in [9.17, 15) is 9.18 Å². The van der Waals surface area contributed by atoms with Gasteiger partial charge in [0.25, 0.3) is 0 Å². The molecule has 0 amide bonds. The van der Waals surface area contributed by atoms with Crippen LogP contribution in [-0.4, -0.2) is 11.1 Å². The van der Waals surface area contributed by atoms with Crippen molar-refractivity contribution < 1.29 is 19.0 Å². The zero-order valence-electron chi connectivity index (χ0n) is 14.3. The van der Waals surface area contributed by atoms with Gasteiger partial charge in [0.2, 0.25) is 0 Å². The van der Waals surface area contributed by atoms with Crippen LogP contribution in [0.15, 0.2) is 66.7 Å². The minimum atomic E-state index is -1.02. The average molecular weight is 386 g/mol. The molecule has 0 radical (unpaired) electrons. The summed E-state index contributed by atoms with van der Waals surface area (Å²) in [6, 6.07) is 18.3. The number of hydrogen-bond acceptors (Lipinski definition) is 3. The molecular weight excluding hydrogens is 369 g/mol. The van der Waals surface area contributed by atoms with Crippen molar-refractivity contribution in [1.82, 2.24) is 0 Å². The maximum absolute atomic E-state index is 13.8. The van der Waals surface area contributed by atoms with Gasteiger partial charge in [0, 0.05) is 17.7 Å². The van der Waals surface area contributed by atoms with Crippen molar-refractivity contribution in [1.29, 1.82) is 0 Å². The van der Waals surface area contributed by atoms with E-state index in [4.69, 9.17) is 21.4 Å². The number of nitrogens with one attached hydrogen (secondary N) is 1. The topological polar surface area (TPSA) is 58.6 Å². The minimum absolute atomic E-state index is 0.110. The van der Waals surface area contributed by atoms with Gasteiger partial charge < -0.3 is 15.2 Å². The molecular formula is C21H17ClFNO3. The summed E-state index contributed by atoms with van der Waals surface area (Å²) in [5.41, 5.74) is 1.97. The number of para-hydroxylation sites is 1. The van der Waals surface area contributed by atoms with Crippen LogP contribution >= 0.6 is 11.6 Å². The van der Waals surface area contributed by atoms with Gasteiger partial charge in [-0.3, -0.25) is 0 Å². The van der Waals surface area contributed by atoms with Crippen molar-refractivity contribution in [3.05, 3.63) is 94.3 Å². The van der Waals surface area contributed by atoms with E-state index in [1.165, 1.54) is 24.3 Å². The van der Waals surface area contributed by atoms with Crippen LogP contribution in [0.5, 0.6) is 5.75 Å². The van der Waals surface area contributed by atoms with Gasteiger partial charge in [-0.05, 0) is 30.3 Å². The molecule has 6 heteroatoms. The average Bonchev–Trinajstić information content (AvgIpc) is 2.67. The summed E-state index contributed by atoms with van der Waals surface area (Å²) in [4.78, 5) is 11.1. The quantitative estimate of drug-likeness (QED) is 0.574. The number of ether oxygens (including phenoxy) is 1. The summed E-state index contributed by atoms with van der Waals surface area (Å²) in [5.74, 6) is -0.729. The van der Waals surface area contributed by atoms with Crippen LogP contribution in [0.4, 0.5) is 10.1 Å². The first kappa shape index (κ1) is 18.7. The number of carbonyl (C=O) groups is 1. The Balaban J connectivity index is 1.72. The summed E-state index contributed by atoms with van der Waals surface area (Å²) >= 11 is 6.14. The molecule has 0 saturated carbocycles. The van der Waals surface area contributed by atoms with Crippen LogP contribution in [0.2, 0.25) is 5.02 Å². The van der Waals surface area contributed by atoms with E-state index in [1.807, 2.05) is 18.2 Å². The van der Waals surface area contributed by atoms with Gasteiger partial charge in [-0.25, -0.2) is 9.18 Å². The lowest BCUT2D eigenvalue weighted by Crippen LogP contribution is -2.05. The third-order valence-corrected chi connectivity index (χ3v) is 4.33. The van der Waals surface area contributed by atoms with Gasteiger partial charge in [-0.15, -0.1) is 0 Å². The number of anilines is 1. The summed E-state index contributed by atoms with van der Waals surface area (Å²) in [6.45, 7) is 0.481. The number of halogens is 2. The lowest BCUT2D eigenvalue weighted by Gasteiger charge is -2.14. The molecule has 0 heterocycles. The fourth-order valence-corrected chi connectivity index (χ4v) is 2.73. The zero-order valence-corrected chi connectivity index (χ0v) is 15.0. The first-order chi connectivity index (χ1) is 13.0. The Morgan fingerprint density at radius 2 is 1.74 bits per heavy atom. The fourth-order valence-electron chi connectivity index (χ4n) is 2.55. The second-order valence-corrected chi connectivity index (χ2v) is 6.25. The van der Waals surface area contributed by atoms with E-state index in [0.29, 0.717) is 28.6 Å². The highest BCUT2D eigenvalue weighted by Gasteiger charge is 2.09. The van der Waals surface area contributed by atoms with Crippen molar-refractivity contribution in [2.24, 2.45) is 0 Å². The van der Waals surface area contributed by atoms with Crippen molar-refractivity contribution in [2.45, 2.75) is 13.2 Å². The van der Waals surface area contributed by atoms with Crippen molar-refractivity contribution in [3.63, 3.8) is 0 Å². The predicted molar refractivity (Wildman–Crippen MR) is 103 cm³/mol. The Hall–Kier alpha value is -3.05. The molecule has 3 aromatic carbocycles. The monoisotopic (exact) mass is 385 g/mol. The molecule has 0 fully saturated rings. The zero-order chi connectivity index (χ0) is 19.2. The molecule has 0 aliphatic rings. The highest BCUT2D eigenvalue weighted by atomic mass is 35.5. The highest BCUT2D eigenvalue weighted by molar-refractivity contribution is 6.33. The molecule has 27 heavy (non-hydrogen) atoms. The molecule has 3 aromatic rings. The van der Waals surface area contributed by atoms with E-state index >= 15 is 0 Å². The number of aromatic carboxylic acids is 1. The third-order valence-electron chi connectivity index (χ3n) is 4.00. The molecule has 3 rings (SSSR count). The first-order valence-electron chi connectivity index (χ1n) is 8.25. The first-order valence-corrected chi connectivity index (χ1v) is 8.63. The van der Waals surface area contributed by atoms with E-state index in [2.05, 4.69) is 5.32 Å².